The first-order valence-corrected chi connectivity index (χ1v) is 10.0. The van der Waals surface area contributed by atoms with Gasteiger partial charge in [0, 0.05) is 17.8 Å². The Balaban J connectivity index is 1.78. The Bertz CT molecular complexity index is 1160. The lowest BCUT2D eigenvalue weighted by Crippen LogP contribution is -2.14. The van der Waals surface area contributed by atoms with Crippen LogP contribution in [-0.4, -0.2) is 28.2 Å². The second kappa shape index (κ2) is 6.55. The molecule has 0 unspecified atom stereocenters. The summed E-state index contributed by atoms with van der Waals surface area (Å²) < 4.78 is 30.4. The molecule has 0 bridgehead atoms. The predicted octanol–water partition coefficient (Wildman–Crippen LogP) is 3.81. The van der Waals surface area contributed by atoms with E-state index in [2.05, 4.69) is 19.8 Å². The highest BCUT2D eigenvalue weighted by atomic mass is 32.2. The zero-order valence-corrected chi connectivity index (χ0v) is 15.7. The summed E-state index contributed by atoms with van der Waals surface area (Å²) in [5.41, 5.74) is 2.60. The van der Waals surface area contributed by atoms with Gasteiger partial charge in [-0.1, -0.05) is 42.5 Å². The van der Waals surface area contributed by atoms with Gasteiger partial charge in [-0.25, -0.2) is 18.1 Å². The number of nitrogens with one attached hydrogen (secondary N) is 2. The smallest absolute Gasteiger partial charge is 0.267 e. The molecule has 2 N–H and O–H groups in total. The topological polar surface area (TPSA) is 92.7 Å². The number of fused-ring (bicyclic) bond motifs is 1. The normalized spacial score (nSPS) is 12.0. The molecular weight excluding hydrogens is 362 g/mol. The molecule has 4 aromatic rings. The van der Waals surface area contributed by atoms with Crippen LogP contribution < -0.4 is 4.72 Å². The number of imidazole rings is 1. The number of anilines is 1. The fraction of sp³-hybridized carbons (Fsp3) is 0.158. The highest BCUT2D eigenvalue weighted by molar-refractivity contribution is 7.92. The number of rotatable bonds is 5. The van der Waals surface area contributed by atoms with Crippen LogP contribution in [0.2, 0.25) is 0 Å². The van der Waals surface area contributed by atoms with Crippen LogP contribution in [0.3, 0.4) is 0 Å². The summed E-state index contributed by atoms with van der Waals surface area (Å²) in [6, 6.07) is 16.7. The predicted molar refractivity (Wildman–Crippen MR) is 105 cm³/mol. The van der Waals surface area contributed by atoms with Crippen molar-refractivity contribution in [3.8, 4) is 11.3 Å². The number of nitrogens with zero attached hydrogens (tertiary/aromatic N) is 3. The third-order valence-corrected chi connectivity index (χ3v) is 5.52. The molecule has 0 spiro atoms. The van der Waals surface area contributed by atoms with Crippen LogP contribution in [0.1, 0.15) is 19.9 Å². The van der Waals surface area contributed by atoms with E-state index < -0.39 is 10.0 Å². The SMILES string of the molecule is CC(C)n1cc(S(=O)(=O)Nc2nc3ccccc3[nH]2)c(-c2ccccc2)n1. The highest BCUT2D eigenvalue weighted by Gasteiger charge is 2.25. The average molecular weight is 381 g/mol. The first-order valence-electron chi connectivity index (χ1n) is 8.56. The van der Waals surface area contributed by atoms with E-state index in [0.29, 0.717) is 11.2 Å². The standard InChI is InChI=1S/C19H19N5O2S/c1-13(2)24-12-17(18(22-24)14-8-4-3-5-9-14)27(25,26)23-19-20-15-10-6-7-11-16(15)21-19/h3-13H,1-2H3,(H2,20,21,23). The number of aromatic nitrogens is 4. The van der Waals surface area contributed by atoms with Gasteiger partial charge in [-0.05, 0) is 26.0 Å². The minimum atomic E-state index is -3.88. The first-order chi connectivity index (χ1) is 12.9. The van der Waals surface area contributed by atoms with E-state index in [1.54, 1.807) is 10.9 Å². The van der Waals surface area contributed by atoms with E-state index in [1.165, 1.54) is 0 Å². The molecule has 0 aliphatic carbocycles. The van der Waals surface area contributed by atoms with Crippen molar-refractivity contribution in [1.29, 1.82) is 0 Å². The second-order valence-corrected chi connectivity index (χ2v) is 8.14. The highest BCUT2D eigenvalue weighted by Crippen LogP contribution is 2.28. The van der Waals surface area contributed by atoms with Crippen LogP contribution in [-0.2, 0) is 10.0 Å². The molecule has 138 valence electrons. The molecule has 7 nitrogen and oxygen atoms in total. The molecule has 0 aliphatic heterocycles. The van der Waals surface area contributed by atoms with Crippen LogP contribution in [0.4, 0.5) is 5.95 Å². The van der Waals surface area contributed by atoms with Gasteiger partial charge in [-0.3, -0.25) is 4.68 Å². The molecule has 0 atom stereocenters. The van der Waals surface area contributed by atoms with Gasteiger partial charge in [0.2, 0.25) is 5.95 Å². The summed E-state index contributed by atoms with van der Waals surface area (Å²) in [7, 11) is -3.88. The maximum atomic E-state index is 13.1. The van der Waals surface area contributed by atoms with E-state index in [0.717, 1.165) is 11.1 Å². The lowest BCUT2D eigenvalue weighted by Gasteiger charge is -2.05. The lowest BCUT2D eigenvalue weighted by molar-refractivity contribution is 0.532. The number of aromatic amines is 1. The average Bonchev–Trinajstić information content (AvgIpc) is 3.26. The van der Waals surface area contributed by atoms with Gasteiger partial charge in [-0.15, -0.1) is 0 Å². The molecule has 2 aromatic carbocycles. The maximum absolute atomic E-state index is 13.1. The summed E-state index contributed by atoms with van der Waals surface area (Å²) in [5, 5.41) is 4.50. The Labute approximate surface area is 157 Å². The molecule has 0 aliphatic rings. The van der Waals surface area contributed by atoms with Gasteiger partial charge in [0.25, 0.3) is 10.0 Å². The Morgan fingerprint density at radius 1 is 1.04 bits per heavy atom. The van der Waals surface area contributed by atoms with Gasteiger partial charge < -0.3 is 4.98 Å². The maximum Gasteiger partial charge on any atom is 0.267 e. The second-order valence-electron chi connectivity index (χ2n) is 6.49. The summed E-state index contributed by atoms with van der Waals surface area (Å²) >= 11 is 0. The van der Waals surface area contributed by atoms with E-state index in [4.69, 9.17) is 0 Å². The van der Waals surface area contributed by atoms with E-state index in [9.17, 15) is 8.42 Å². The lowest BCUT2D eigenvalue weighted by atomic mass is 10.2. The number of hydrogen-bond acceptors (Lipinski definition) is 4. The van der Waals surface area contributed by atoms with Gasteiger partial charge in [0.15, 0.2) is 0 Å². The minimum Gasteiger partial charge on any atom is -0.323 e. The van der Waals surface area contributed by atoms with Crippen LogP contribution in [0.15, 0.2) is 65.7 Å². The summed E-state index contributed by atoms with van der Waals surface area (Å²) in [6.45, 7) is 3.90. The van der Waals surface area contributed by atoms with Crippen LogP contribution in [0.5, 0.6) is 0 Å². The fourth-order valence-corrected chi connectivity index (χ4v) is 3.94. The van der Waals surface area contributed by atoms with Crippen molar-refractivity contribution < 1.29 is 8.42 Å². The molecule has 8 heteroatoms. The summed E-state index contributed by atoms with van der Waals surface area (Å²) in [5.74, 6) is 0.174. The van der Waals surface area contributed by atoms with E-state index >= 15 is 0 Å². The fourth-order valence-electron chi connectivity index (χ4n) is 2.82. The molecule has 0 saturated carbocycles. The molecular formula is C19H19N5O2S. The molecule has 27 heavy (non-hydrogen) atoms. The molecule has 4 rings (SSSR count). The number of H-pyrrole nitrogens is 1. The van der Waals surface area contributed by atoms with Gasteiger partial charge >= 0.3 is 0 Å². The van der Waals surface area contributed by atoms with E-state index in [-0.39, 0.29) is 16.9 Å². The molecule has 2 aromatic heterocycles. The largest absolute Gasteiger partial charge is 0.323 e. The molecule has 0 amide bonds. The van der Waals surface area contributed by atoms with Crippen molar-refractivity contribution in [2.75, 3.05) is 4.72 Å². The Kier molecular flexibility index (Phi) is 4.19. The van der Waals surface area contributed by atoms with Gasteiger partial charge in [0.1, 0.15) is 10.6 Å². The molecule has 0 fully saturated rings. The van der Waals surface area contributed by atoms with Gasteiger partial charge in [-0.2, -0.15) is 5.10 Å². The van der Waals surface area contributed by atoms with Crippen molar-refractivity contribution in [3.63, 3.8) is 0 Å². The van der Waals surface area contributed by atoms with Crippen molar-refractivity contribution >= 4 is 27.0 Å². The quantitative estimate of drug-likeness (QED) is 0.550. The number of hydrogen-bond donors (Lipinski definition) is 2. The van der Waals surface area contributed by atoms with Crippen molar-refractivity contribution in [2.24, 2.45) is 0 Å². The summed E-state index contributed by atoms with van der Waals surface area (Å²) in [6.07, 6.45) is 1.55. The van der Waals surface area contributed by atoms with Crippen molar-refractivity contribution in [3.05, 3.63) is 60.8 Å². The molecule has 0 radical (unpaired) electrons. The van der Waals surface area contributed by atoms with Crippen molar-refractivity contribution in [2.45, 2.75) is 24.8 Å². The number of benzene rings is 2. The first kappa shape index (κ1) is 17.3. The molecule has 0 saturated heterocycles. The van der Waals surface area contributed by atoms with E-state index in [1.807, 2.05) is 68.4 Å². The third kappa shape index (κ3) is 3.31. The van der Waals surface area contributed by atoms with Crippen LogP contribution >= 0.6 is 0 Å². The zero-order chi connectivity index (χ0) is 19.0. The summed E-state index contributed by atoms with van der Waals surface area (Å²) in [4.78, 5) is 7.39. The minimum absolute atomic E-state index is 0.0302. The van der Waals surface area contributed by atoms with Crippen LogP contribution in [0.25, 0.3) is 22.3 Å². The third-order valence-electron chi connectivity index (χ3n) is 4.18. The van der Waals surface area contributed by atoms with Crippen molar-refractivity contribution in [1.82, 2.24) is 19.7 Å². The Hall–Kier alpha value is -3.13. The number of sulfonamides is 1. The van der Waals surface area contributed by atoms with Gasteiger partial charge in [0.05, 0.1) is 11.0 Å². The van der Waals surface area contributed by atoms with Crippen LogP contribution in [0, 0.1) is 0 Å². The monoisotopic (exact) mass is 381 g/mol. The Morgan fingerprint density at radius 2 is 1.74 bits per heavy atom. The Morgan fingerprint density at radius 3 is 2.44 bits per heavy atom. The zero-order valence-electron chi connectivity index (χ0n) is 14.9. The number of para-hydroxylation sites is 2. The molecule has 2 heterocycles.